The largest absolute Gasteiger partial charge is 0.306 e. The monoisotopic (exact) mass is 245 g/mol. The molecular formula is C15H16ClN. The Balaban J connectivity index is 1.92. The van der Waals surface area contributed by atoms with Gasteiger partial charge in [0, 0.05) is 17.6 Å². The first-order valence-corrected chi connectivity index (χ1v) is 6.16. The van der Waals surface area contributed by atoms with Crippen LogP contribution in [0.5, 0.6) is 0 Å². The Labute approximate surface area is 107 Å². The highest BCUT2D eigenvalue weighted by Gasteiger charge is 2.03. The molecule has 0 saturated heterocycles. The zero-order valence-electron chi connectivity index (χ0n) is 9.86. The average Bonchev–Trinajstić information content (AvgIpc) is 2.39. The third-order valence-electron chi connectivity index (χ3n) is 2.83. The molecule has 0 saturated carbocycles. The van der Waals surface area contributed by atoms with Gasteiger partial charge in [0.25, 0.3) is 0 Å². The van der Waals surface area contributed by atoms with Gasteiger partial charge in [-0.15, -0.1) is 0 Å². The Morgan fingerprint density at radius 3 is 2.29 bits per heavy atom. The van der Waals surface area contributed by atoms with E-state index in [2.05, 4.69) is 36.5 Å². The molecule has 0 aliphatic heterocycles. The maximum atomic E-state index is 5.85. The van der Waals surface area contributed by atoms with Gasteiger partial charge in [-0.1, -0.05) is 54.1 Å². The molecule has 1 atom stereocenters. The minimum absolute atomic E-state index is 0.354. The molecule has 1 unspecified atom stereocenters. The van der Waals surface area contributed by atoms with Crippen LogP contribution in [0.4, 0.5) is 0 Å². The van der Waals surface area contributed by atoms with E-state index in [1.165, 1.54) is 11.1 Å². The van der Waals surface area contributed by atoms with Crippen molar-refractivity contribution in [3.63, 3.8) is 0 Å². The lowest BCUT2D eigenvalue weighted by molar-refractivity contribution is 0.575. The van der Waals surface area contributed by atoms with Crippen LogP contribution in [-0.2, 0) is 6.54 Å². The lowest BCUT2D eigenvalue weighted by atomic mass is 10.1. The second kappa shape index (κ2) is 5.85. The molecule has 0 radical (unpaired) electrons. The molecule has 0 fully saturated rings. The van der Waals surface area contributed by atoms with Crippen molar-refractivity contribution in [2.45, 2.75) is 19.5 Å². The highest BCUT2D eigenvalue weighted by Crippen LogP contribution is 2.13. The van der Waals surface area contributed by atoms with Crippen LogP contribution in [0, 0.1) is 0 Å². The van der Waals surface area contributed by atoms with E-state index in [9.17, 15) is 0 Å². The second-order valence-corrected chi connectivity index (χ2v) is 4.58. The highest BCUT2D eigenvalue weighted by atomic mass is 35.5. The predicted molar refractivity (Wildman–Crippen MR) is 73.1 cm³/mol. The molecule has 2 aromatic carbocycles. The minimum Gasteiger partial charge on any atom is -0.306 e. The van der Waals surface area contributed by atoms with Crippen LogP contribution < -0.4 is 5.32 Å². The molecular weight excluding hydrogens is 230 g/mol. The molecule has 0 spiro atoms. The summed E-state index contributed by atoms with van der Waals surface area (Å²) in [6, 6.07) is 18.7. The number of rotatable bonds is 4. The fourth-order valence-corrected chi connectivity index (χ4v) is 1.86. The molecule has 2 aromatic rings. The Morgan fingerprint density at radius 1 is 1.00 bits per heavy atom. The first-order valence-electron chi connectivity index (χ1n) is 5.78. The summed E-state index contributed by atoms with van der Waals surface area (Å²) in [5.74, 6) is 0. The quantitative estimate of drug-likeness (QED) is 0.852. The number of hydrogen-bond acceptors (Lipinski definition) is 1. The zero-order valence-corrected chi connectivity index (χ0v) is 10.6. The Bertz CT molecular complexity index is 450. The van der Waals surface area contributed by atoms with Gasteiger partial charge in [0.1, 0.15) is 0 Å². The molecule has 0 heterocycles. The minimum atomic E-state index is 0.354. The van der Waals surface area contributed by atoms with Gasteiger partial charge in [-0.3, -0.25) is 0 Å². The van der Waals surface area contributed by atoms with Crippen molar-refractivity contribution in [1.82, 2.24) is 5.32 Å². The van der Waals surface area contributed by atoms with Gasteiger partial charge in [0.15, 0.2) is 0 Å². The third kappa shape index (κ3) is 3.58. The molecule has 1 nitrogen and oxygen atoms in total. The summed E-state index contributed by atoms with van der Waals surface area (Å²) in [6.45, 7) is 3.03. The molecule has 2 rings (SSSR count). The van der Waals surface area contributed by atoms with Gasteiger partial charge in [-0.25, -0.2) is 0 Å². The van der Waals surface area contributed by atoms with Crippen LogP contribution >= 0.6 is 11.6 Å². The van der Waals surface area contributed by atoms with E-state index in [1.54, 1.807) is 0 Å². The van der Waals surface area contributed by atoms with Crippen molar-refractivity contribution in [3.05, 3.63) is 70.7 Å². The first-order chi connectivity index (χ1) is 8.25. The van der Waals surface area contributed by atoms with Crippen molar-refractivity contribution in [2.75, 3.05) is 0 Å². The summed E-state index contributed by atoms with van der Waals surface area (Å²) < 4.78 is 0. The van der Waals surface area contributed by atoms with Crippen LogP contribution in [0.3, 0.4) is 0 Å². The van der Waals surface area contributed by atoms with Gasteiger partial charge < -0.3 is 5.32 Å². The van der Waals surface area contributed by atoms with Gasteiger partial charge >= 0.3 is 0 Å². The summed E-state index contributed by atoms with van der Waals surface area (Å²) >= 11 is 5.85. The summed E-state index contributed by atoms with van der Waals surface area (Å²) in [4.78, 5) is 0. The van der Waals surface area contributed by atoms with E-state index in [4.69, 9.17) is 11.6 Å². The molecule has 0 aliphatic carbocycles. The molecule has 0 amide bonds. The molecule has 0 bridgehead atoms. The summed E-state index contributed by atoms with van der Waals surface area (Å²) in [6.07, 6.45) is 0. The van der Waals surface area contributed by atoms with Crippen LogP contribution in [0.1, 0.15) is 24.1 Å². The lowest BCUT2D eigenvalue weighted by Crippen LogP contribution is -2.17. The molecule has 1 N–H and O–H groups in total. The molecule has 0 aromatic heterocycles. The third-order valence-corrected chi connectivity index (χ3v) is 3.08. The van der Waals surface area contributed by atoms with Crippen molar-refractivity contribution in [1.29, 1.82) is 0 Å². The van der Waals surface area contributed by atoms with Crippen LogP contribution in [-0.4, -0.2) is 0 Å². The fourth-order valence-electron chi connectivity index (χ4n) is 1.73. The second-order valence-electron chi connectivity index (χ2n) is 4.14. The Morgan fingerprint density at radius 2 is 1.65 bits per heavy atom. The summed E-state index contributed by atoms with van der Waals surface area (Å²) in [7, 11) is 0. The van der Waals surface area contributed by atoms with Gasteiger partial charge in [-0.2, -0.15) is 0 Å². The van der Waals surface area contributed by atoms with Crippen molar-refractivity contribution < 1.29 is 0 Å². The SMILES string of the molecule is CC(NCc1ccc(Cl)cc1)c1ccccc1. The smallest absolute Gasteiger partial charge is 0.0406 e. The van der Waals surface area contributed by atoms with Gasteiger partial charge in [0.05, 0.1) is 0 Å². The maximum absolute atomic E-state index is 5.85. The van der Waals surface area contributed by atoms with Crippen molar-refractivity contribution in [2.24, 2.45) is 0 Å². The topological polar surface area (TPSA) is 12.0 Å². The van der Waals surface area contributed by atoms with Crippen molar-refractivity contribution in [3.8, 4) is 0 Å². The molecule has 17 heavy (non-hydrogen) atoms. The van der Waals surface area contributed by atoms with Crippen molar-refractivity contribution >= 4 is 11.6 Å². The molecule has 2 heteroatoms. The van der Waals surface area contributed by atoms with Gasteiger partial charge in [-0.05, 0) is 30.2 Å². The van der Waals surface area contributed by atoms with Crippen LogP contribution in [0.2, 0.25) is 5.02 Å². The van der Waals surface area contributed by atoms with E-state index >= 15 is 0 Å². The van der Waals surface area contributed by atoms with E-state index in [-0.39, 0.29) is 0 Å². The summed E-state index contributed by atoms with van der Waals surface area (Å²) in [5.41, 5.74) is 2.55. The van der Waals surface area contributed by atoms with E-state index in [1.807, 2.05) is 30.3 Å². The van der Waals surface area contributed by atoms with E-state index in [0.29, 0.717) is 6.04 Å². The number of hydrogen-bond donors (Lipinski definition) is 1. The fraction of sp³-hybridized carbons (Fsp3) is 0.200. The summed E-state index contributed by atoms with van der Waals surface area (Å²) in [5, 5.41) is 4.27. The van der Waals surface area contributed by atoms with E-state index in [0.717, 1.165) is 11.6 Å². The molecule has 88 valence electrons. The normalized spacial score (nSPS) is 12.4. The number of halogens is 1. The Kier molecular flexibility index (Phi) is 4.18. The Hall–Kier alpha value is -1.31. The van der Waals surface area contributed by atoms with Crippen LogP contribution in [0.25, 0.3) is 0 Å². The number of nitrogens with one attached hydrogen (secondary N) is 1. The standard InChI is InChI=1S/C15H16ClN/c1-12(14-5-3-2-4-6-14)17-11-13-7-9-15(16)10-8-13/h2-10,12,17H,11H2,1H3. The molecule has 0 aliphatic rings. The average molecular weight is 246 g/mol. The van der Waals surface area contributed by atoms with Crippen LogP contribution in [0.15, 0.2) is 54.6 Å². The first kappa shape index (κ1) is 12.2. The van der Waals surface area contributed by atoms with Gasteiger partial charge in [0.2, 0.25) is 0 Å². The maximum Gasteiger partial charge on any atom is 0.0406 e. The lowest BCUT2D eigenvalue weighted by Gasteiger charge is -2.14. The predicted octanol–water partition coefficient (Wildman–Crippen LogP) is 4.19. The zero-order chi connectivity index (χ0) is 12.1. The number of benzene rings is 2. The van der Waals surface area contributed by atoms with E-state index < -0.39 is 0 Å². The highest BCUT2D eigenvalue weighted by molar-refractivity contribution is 6.30.